The molecular formula is C37H35N5O7. The monoisotopic (exact) mass is 661 g/mol. The Balaban J connectivity index is 1.48. The zero-order valence-corrected chi connectivity index (χ0v) is 26.7. The van der Waals surface area contributed by atoms with E-state index in [1.54, 1.807) is 72.8 Å². The Bertz CT molecular complexity index is 1760. The Kier molecular flexibility index (Phi) is 13.1. The second kappa shape index (κ2) is 18.1. The molecule has 1 aromatic heterocycles. The lowest BCUT2D eigenvalue weighted by Crippen LogP contribution is -2.56. The number of nitriles is 1. The Labute approximate surface area is 283 Å². The van der Waals surface area contributed by atoms with Crippen molar-refractivity contribution in [1.29, 1.82) is 5.26 Å². The highest BCUT2D eigenvalue weighted by atomic mass is 16.5. The first-order valence-electron chi connectivity index (χ1n) is 15.4. The normalized spacial score (nSPS) is 12.2. The minimum Gasteiger partial charge on any atom is -0.461 e. The van der Waals surface area contributed by atoms with Gasteiger partial charge in [-0.25, -0.2) is 9.78 Å². The Morgan fingerprint density at radius 3 is 1.80 bits per heavy atom. The van der Waals surface area contributed by atoms with E-state index in [1.165, 1.54) is 25.3 Å². The van der Waals surface area contributed by atoms with Gasteiger partial charge in [-0.2, -0.15) is 5.26 Å². The maximum Gasteiger partial charge on any atom is 0.329 e. The molecule has 0 fully saturated rings. The summed E-state index contributed by atoms with van der Waals surface area (Å²) in [5.74, 6) is -3.82. The van der Waals surface area contributed by atoms with Crippen LogP contribution in [0, 0.1) is 11.3 Å². The zero-order chi connectivity index (χ0) is 35.0. The Morgan fingerprint density at radius 1 is 0.694 bits per heavy atom. The SMILES string of the molecule is C[C@H](NC(=O)c1ccc(C#N)cn1)C(=O)N[C@@H](CC(=O)OCc1ccccc1)C(=O)N[C@@H](Cc1ccccc1)C(=O)OCc1ccccc1. The van der Waals surface area contributed by atoms with Gasteiger partial charge in [0.25, 0.3) is 5.91 Å². The number of benzene rings is 3. The summed E-state index contributed by atoms with van der Waals surface area (Å²) >= 11 is 0. The molecule has 250 valence electrons. The molecule has 0 saturated heterocycles. The minimum absolute atomic E-state index is 0.0296. The summed E-state index contributed by atoms with van der Waals surface area (Å²) < 4.78 is 10.9. The number of hydrogen-bond acceptors (Lipinski definition) is 9. The van der Waals surface area contributed by atoms with Crippen molar-refractivity contribution < 1.29 is 33.4 Å². The summed E-state index contributed by atoms with van der Waals surface area (Å²) in [6, 6.07) is 27.7. The fourth-order valence-corrected chi connectivity index (χ4v) is 4.54. The molecule has 3 N–H and O–H groups in total. The molecule has 4 rings (SSSR count). The smallest absolute Gasteiger partial charge is 0.329 e. The lowest BCUT2D eigenvalue weighted by molar-refractivity contribution is -0.150. The highest BCUT2D eigenvalue weighted by molar-refractivity contribution is 5.98. The summed E-state index contributed by atoms with van der Waals surface area (Å²) in [5.41, 5.74) is 2.43. The van der Waals surface area contributed by atoms with Crippen LogP contribution in [-0.2, 0) is 48.3 Å². The van der Waals surface area contributed by atoms with E-state index in [-0.39, 0.29) is 30.9 Å². The lowest BCUT2D eigenvalue weighted by atomic mass is 10.0. The molecule has 1 heterocycles. The molecular weight excluding hydrogens is 626 g/mol. The maximum absolute atomic E-state index is 13.7. The van der Waals surface area contributed by atoms with Gasteiger partial charge in [0.15, 0.2) is 0 Å². The van der Waals surface area contributed by atoms with Crippen LogP contribution in [0.1, 0.15) is 46.1 Å². The van der Waals surface area contributed by atoms with Crippen molar-refractivity contribution in [2.24, 2.45) is 0 Å². The fraction of sp³-hybridized carbons (Fsp3) is 0.216. The van der Waals surface area contributed by atoms with Crippen LogP contribution in [0.25, 0.3) is 0 Å². The summed E-state index contributed by atoms with van der Waals surface area (Å²) in [6.45, 7) is 1.30. The van der Waals surface area contributed by atoms with E-state index in [0.29, 0.717) is 0 Å². The number of nitrogens with one attached hydrogen (secondary N) is 3. The Hall–Kier alpha value is -6.35. The second-order valence-corrected chi connectivity index (χ2v) is 11.0. The molecule has 12 heteroatoms. The molecule has 0 aliphatic carbocycles. The van der Waals surface area contributed by atoms with Crippen LogP contribution in [0.4, 0.5) is 0 Å². The number of carbonyl (C=O) groups excluding carboxylic acids is 5. The third kappa shape index (κ3) is 11.4. The van der Waals surface area contributed by atoms with E-state index in [4.69, 9.17) is 14.7 Å². The van der Waals surface area contributed by atoms with E-state index in [1.807, 2.05) is 24.3 Å². The number of esters is 2. The molecule has 4 aromatic rings. The van der Waals surface area contributed by atoms with Crippen LogP contribution >= 0.6 is 0 Å². The van der Waals surface area contributed by atoms with Crippen molar-refractivity contribution in [3.8, 4) is 6.07 Å². The van der Waals surface area contributed by atoms with Gasteiger partial charge in [-0.1, -0.05) is 91.0 Å². The number of nitrogens with zero attached hydrogens (tertiary/aromatic N) is 2. The molecule has 0 unspecified atom stereocenters. The maximum atomic E-state index is 13.7. The standard InChI is InChI=1S/C37H35N5O7/c1-25(40-35(45)30-18-17-29(21-38)22-39-30)34(44)41-31(20-33(43)48-23-27-13-7-3-8-14-27)36(46)42-32(19-26-11-5-2-6-12-26)37(47)49-24-28-15-9-4-10-16-28/h2-18,22,25,31-32H,19-20,23-24H2,1H3,(H,40,45)(H,41,44)(H,42,46)/t25-,31-,32-/m0/s1. The van der Waals surface area contributed by atoms with Gasteiger partial charge in [-0.15, -0.1) is 0 Å². The summed E-state index contributed by atoms with van der Waals surface area (Å²) in [7, 11) is 0. The lowest BCUT2D eigenvalue weighted by Gasteiger charge is -2.24. The van der Waals surface area contributed by atoms with Crippen molar-refractivity contribution in [2.45, 2.75) is 51.1 Å². The molecule has 0 radical (unpaired) electrons. The molecule has 3 amide bonds. The van der Waals surface area contributed by atoms with E-state index in [2.05, 4.69) is 20.9 Å². The molecule has 0 aliphatic heterocycles. The van der Waals surface area contributed by atoms with Gasteiger partial charge >= 0.3 is 11.9 Å². The predicted octanol–water partition coefficient (Wildman–Crippen LogP) is 3.16. The van der Waals surface area contributed by atoms with Gasteiger partial charge in [0.05, 0.1) is 12.0 Å². The van der Waals surface area contributed by atoms with Crippen LogP contribution in [0.5, 0.6) is 0 Å². The van der Waals surface area contributed by atoms with Gasteiger partial charge in [-0.05, 0) is 35.7 Å². The predicted molar refractivity (Wildman–Crippen MR) is 177 cm³/mol. The van der Waals surface area contributed by atoms with Gasteiger partial charge < -0.3 is 25.4 Å². The summed E-state index contributed by atoms with van der Waals surface area (Å²) in [5, 5.41) is 16.6. The first-order chi connectivity index (χ1) is 23.7. The highest BCUT2D eigenvalue weighted by Crippen LogP contribution is 2.10. The number of aromatic nitrogens is 1. The van der Waals surface area contributed by atoms with E-state index in [0.717, 1.165) is 16.7 Å². The number of ether oxygens (including phenoxy) is 2. The molecule has 12 nitrogen and oxygen atoms in total. The average molecular weight is 662 g/mol. The molecule has 49 heavy (non-hydrogen) atoms. The zero-order valence-electron chi connectivity index (χ0n) is 26.7. The molecule has 0 spiro atoms. The van der Waals surface area contributed by atoms with Crippen molar-refractivity contribution in [1.82, 2.24) is 20.9 Å². The third-order valence-corrected chi connectivity index (χ3v) is 7.22. The van der Waals surface area contributed by atoms with E-state index < -0.39 is 54.2 Å². The molecule has 3 atom stereocenters. The van der Waals surface area contributed by atoms with Crippen molar-refractivity contribution in [2.75, 3.05) is 0 Å². The summed E-state index contributed by atoms with van der Waals surface area (Å²) in [4.78, 5) is 69.8. The van der Waals surface area contributed by atoms with Crippen LogP contribution < -0.4 is 16.0 Å². The number of amides is 3. The second-order valence-electron chi connectivity index (χ2n) is 11.0. The van der Waals surface area contributed by atoms with Crippen LogP contribution in [0.2, 0.25) is 0 Å². The minimum atomic E-state index is -1.48. The van der Waals surface area contributed by atoms with E-state index in [9.17, 15) is 24.0 Å². The number of carbonyl (C=O) groups is 5. The van der Waals surface area contributed by atoms with Gasteiger partial charge in [0.1, 0.15) is 43.1 Å². The first-order valence-corrected chi connectivity index (χ1v) is 15.4. The number of hydrogen-bond donors (Lipinski definition) is 3. The molecule has 3 aromatic carbocycles. The van der Waals surface area contributed by atoms with Crippen molar-refractivity contribution >= 4 is 29.7 Å². The van der Waals surface area contributed by atoms with Crippen molar-refractivity contribution in [3.05, 3.63) is 137 Å². The first kappa shape index (κ1) is 35.5. The quantitative estimate of drug-likeness (QED) is 0.162. The topological polar surface area (TPSA) is 177 Å². The third-order valence-electron chi connectivity index (χ3n) is 7.22. The van der Waals surface area contributed by atoms with Gasteiger partial charge in [0, 0.05) is 12.6 Å². The average Bonchev–Trinajstić information content (AvgIpc) is 3.13. The van der Waals surface area contributed by atoms with Crippen LogP contribution in [-0.4, -0.2) is 52.8 Å². The van der Waals surface area contributed by atoms with Crippen molar-refractivity contribution in [3.63, 3.8) is 0 Å². The van der Waals surface area contributed by atoms with Crippen LogP contribution in [0.3, 0.4) is 0 Å². The number of pyridine rings is 1. The fourth-order valence-electron chi connectivity index (χ4n) is 4.54. The summed E-state index contributed by atoms with van der Waals surface area (Å²) in [6.07, 6.45) is 0.723. The van der Waals surface area contributed by atoms with Crippen LogP contribution in [0.15, 0.2) is 109 Å². The number of rotatable bonds is 15. The van der Waals surface area contributed by atoms with E-state index >= 15 is 0 Å². The largest absolute Gasteiger partial charge is 0.461 e. The highest BCUT2D eigenvalue weighted by Gasteiger charge is 2.31. The molecule has 0 aliphatic rings. The van der Waals surface area contributed by atoms with Gasteiger partial charge in [-0.3, -0.25) is 19.2 Å². The Morgan fingerprint density at radius 2 is 1.24 bits per heavy atom. The molecule has 0 saturated carbocycles. The van der Waals surface area contributed by atoms with Gasteiger partial charge in [0.2, 0.25) is 11.8 Å². The molecule has 0 bridgehead atoms.